The molecule has 0 spiro atoms. The number of benzene rings is 1. The molecule has 17 heavy (non-hydrogen) atoms. The minimum atomic E-state index is -3.41. The van der Waals surface area contributed by atoms with Gasteiger partial charge >= 0.3 is 5.97 Å². The van der Waals surface area contributed by atoms with E-state index in [0.717, 1.165) is 6.26 Å². The molecule has 0 heterocycles. The van der Waals surface area contributed by atoms with Crippen molar-refractivity contribution in [1.82, 2.24) is 0 Å². The summed E-state index contributed by atoms with van der Waals surface area (Å²) in [5.41, 5.74) is 5.81. The van der Waals surface area contributed by atoms with E-state index in [0.29, 0.717) is 10.0 Å². The van der Waals surface area contributed by atoms with E-state index in [2.05, 4.69) is 15.9 Å². The summed E-state index contributed by atoms with van der Waals surface area (Å²) >= 11 is 3.20. The van der Waals surface area contributed by atoms with Gasteiger partial charge in [0.15, 0.2) is 9.84 Å². The maximum absolute atomic E-state index is 11.5. The quantitative estimate of drug-likeness (QED) is 0.855. The van der Waals surface area contributed by atoms with Crippen LogP contribution in [0.15, 0.2) is 27.6 Å². The van der Waals surface area contributed by atoms with Crippen LogP contribution in [0.5, 0.6) is 0 Å². The van der Waals surface area contributed by atoms with Crippen molar-refractivity contribution in [2.75, 3.05) is 6.26 Å². The first-order chi connectivity index (χ1) is 7.73. The summed E-state index contributed by atoms with van der Waals surface area (Å²) < 4.78 is 23.6. The Labute approximate surface area is 108 Å². The van der Waals surface area contributed by atoms with Crippen LogP contribution in [-0.2, 0) is 21.1 Å². The lowest BCUT2D eigenvalue weighted by Gasteiger charge is -2.12. The van der Waals surface area contributed by atoms with Crippen LogP contribution >= 0.6 is 15.9 Å². The van der Waals surface area contributed by atoms with Gasteiger partial charge in [-0.2, -0.15) is 0 Å². The number of carbonyl (C=O) groups is 1. The van der Waals surface area contributed by atoms with Crippen LogP contribution in [0.4, 0.5) is 0 Å². The van der Waals surface area contributed by atoms with E-state index < -0.39 is 21.8 Å². The minimum absolute atomic E-state index is 0.0425. The van der Waals surface area contributed by atoms with Gasteiger partial charge in [0, 0.05) is 17.1 Å². The first-order valence-electron chi connectivity index (χ1n) is 4.69. The van der Waals surface area contributed by atoms with Crippen molar-refractivity contribution >= 4 is 31.7 Å². The minimum Gasteiger partial charge on any atom is -0.480 e. The number of halogens is 1. The average Bonchev–Trinajstić information content (AvgIpc) is 2.18. The molecule has 0 saturated carbocycles. The van der Waals surface area contributed by atoms with Gasteiger partial charge in [0.25, 0.3) is 0 Å². The normalized spacial score (nSPS) is 13.4. The standard InChI is InChI=1S/C10H12BrNO4S/c1-17(15,16)9-4-2-3-7(11)6(9)5-8(12)10(13)14/h2-4,8H,5,12H2,1H3,(H,13,14). The molecule has 0 amide bonds. The molecule has 1 aromatic rings. The Hall–Kier alpha value is -0.920. The summed E-state index contributed by atoms with van der Waals surface area (Å²) in [4.78, 5) is 10.8. The molecule has 0 aliphatic heterocycles. The number of sulfone groups is 1. The zero-order chi connectivity index (χ0) is 13.2. The van der Waals surface area contributed by atoms with Gasteiger partial charge in [0.1, 0.15) is 6.04 Å². The molecular formula is C10H12BrNO4S. The van der Waals surface area contributed by atoms with Crippen LogP contribution in [0.1, 0.15) is 5.56 Å². The summed E-state index contributed by atoms with van der Waals surface area (Å²) in [5, 5.41) is 8.74. The Bertz CT molecular complexity index is 541. The maximum atomic E-state index is 11.5. The van der Waals surface area contributed by atoms with Crippen molar-refractivity contribution in [2.45, 2.75) is 17.4 Å². The largest absolute Gasteiger partial charge is 0.480 e. The van der Waals surface area contributed by atoms with E-state index >= 15 is 0 Å². The number of aliphatic carboxylic acids is 1. The molecule has 0 saturated heterocycles. The molecule has 0 radical (unpaired) electrons. The summed E-state index contributed by atoms with van der Waals surface area (Å²) in [6.45, 7) is 0. The van der Waals surface area contributed by atoms with Crippen LogP contribution in [0, 0.1) is 0 Å². The molecular weight excluding hydrogens is 310 g/mol. The topological polar surface area (TPSA) is 97.5 Å². The fourth-order valence-corrected chi connectivity index (χ4v) is 3.02. The Morgan fingerprint density at radius 2 is 2.12 bits per heavy atom. The SMILES string of the molecule is CS(=O)(=O)c1cccc(Br)c1CC(N)C(=O)O. The molecule has 0 aromatic heterocycles. The molecule has 5 nitrogen and oxygen atoms in total. The van der Waals surface area contributed by atoms with Crippen LogP contribution in [0.3, 0.4) is 0 Å². The predicted molar refractivity (Wildman–Crippen MR) is 66.6 cm³/mol. The van der Waals surface area contributed by atoms with Crippen molar-refractivity contribution < 1.29 is 18.3 Å². The fraction of sp³-hybridized carbons (Fsp3) is 0.300. The fourth-order valence-electron chi connectivity index (χ4n) is 1.39. The van der Waals surface area contributed by atoms with Crippen LogP contribution in [-0.4, -0.2) is 31.8 Å². The van der Waals surface area contributed by atoms with Crippen LogP contribution in [0.25, 0.3) is 0 Å². The highest BCUT2D eigenvalue weighted by Gasteiger charge is 2.20. The Kier molecular flexibility index (Phi) is 4.29. The van der Waals surface area contributed by atoms with Crippen LogP contribution < -0.4 is 5.73 Å². The number of carboxylic acid groups (broad SMARTS) is 1. The van der Waals surface area contributed by atoms with Crippen LogP contribution in [0.2, 0.25) is 0 Å². The third-order valence-electron chi connectivity index (χ3n) is 2.22. The van der Waals surface area contributed by atoms with Gasteiger partial charge in [-0.15, -0.1) is 0 Å². The van der Waals surface area contributed by atoms with Crippen molar-refractivity contribution in [3.8, 4) is 0 Å². The van der Waals surface area contributed by atoms with E-state index in [-0.39, 0.29) is 11.3 Å². The molecule has 0 bridgehead atoms. The molecule has 0 aliphatic rings. The number of hydrogen-bond acceptors (Lipinski definition) is 4. The van der Waals surface area contributed by atoms with Crippen molar-refractivity contribution in [3.63, 3.8) is 0 Å². The second kappa shape index (κ2) is 5.16. The van der Waals surface area contributed by atoms with Crippen molar-refractivity contribution in [3.05, 3.63) is 28.2 Å². The highest BCUT2D eigenvalue weighted by atomic mass is 79.9. The van der Waals surface area contributed by atoms with Gasteiger partial charge in [-0.05, 0) is 17.7 Å². The maximum Gasteiger partial charge on any atom is 0.320 e. The zero-order valence-electron chi connectivity index (χ0n) is 9.05. The molecule has 0 fully saturated rings. The molecule has 1 aromatic carbocycles. The van der Waals surface area contributed by atoms with Gasteiger partial charge in [-0.1, -0.05) is 22.0 Å². The van der Waals surface area contributed by atoms with E-state index in [1.54, 1.807) is 12.1 Å². The van der Waals surface area contributed by atoms with Crippen molar-refractivity contribution in [2.24, 2.45) is 5.73 Å². The summed E-state index contributed by atoms with van der Waals surface area (Å²) in [5.74, 6) is -1.17. The lowest BCUT2D eigenvalue weighted by molar-refractivity contribution is -0.138. The zero-order valence-corrected chi connectivity index (χ0v) is 11.5. The van der Waals surface area contributed by atoms with Gasteiger partial charge in [-0.3, -0.25) is 4.79 Å². The highest BCUT2D eigenvalue weighted by Crippen LogP contribution is 2.25. The molecule has 94 valence electrons. The third-order valence-corrected chi connectivity index (χ3v) is 4.14. The monoisotopic (exact) mass is 321 g/mol. The van der Waals surface area contributed by atoms with Gasteiger partial charge in [0.05, 0.1) is 4.90 Å². The Morgan fingerprint density at radius 1 is 1.53 bits per heavy atom. The predicted octanol–water partition coefficient (Wildman–Crippen LogP) is 0.807. The van der Waals surface area contributed by atoms with Crippen molar-refractivity contribution in [1.29, 1.82) is 0 Å². The summed E-state index contributed by atoms with van der Waals surface area (Å²) in [6, 6.07) is 3.54. The number of rotatable bonds is 4. The molecule has 0 aliphatic carbocycles. The lowest BCUT2D eigenvalue weighted by atomic mass is 10.1. The molecule has 1 rings (SSSR count). The van der Waals surface area contributed by atoms with E-state index in [9.17, 15) is 13.2 Å². The molecule has 1 unspecified atom stereocenters. The molecule has 3 N–H and O–H groups in total. The lowest BCUT2D eigenvalue weighted by Crippen LogP contribution is -2.32. The highest BCUT2D eigenvalue weighted by molar-refractivity contribution is 9.10. The number of hydrogen-bond donors (Lipinski definition) is 2. The second-order valence-corrected chi connectivity index (χ2v) is 6.48. The van der Waals surface area contributed by atoms with Gasteiger partial charge in [0.2, 0.25) is 0 Å². The second-order valence-electron chi connectivity index (χ2n) is 3.64. The number of carboxylic acids is 1. The third kappa shape index (κ3) is 3.52. The Morgan fingerprint density at radius 3 is 2.59 bits per heavy atom. The van der Waals surface area contributed by atoms with E-state index in [1.165, 1.54) is 6.07 Å². The van der Waals surface area contributed by atoms with E-state index in [4.69, 9.17) is 10.8 Å². The number of nitrogens with two attached hydrogens (primary N) is 1. The van der Waals surface area contributed by atoms with Gasteiger partial charge in [-0.25, -0.2) is 8.42 Å². The van der Waals surface area contributed by atoms with Gasteiger partial charge < -0.3 is 10.8 Å². The smallest absolute Gasteiger partial charge is 0.320 e. The average molecular weight is 322 g/mol. The molecule has 1 atom stereocenters. The van der Waals surface area contributed by atoms with E-state index in [1.807, 2.05) is 0 Å². The first kappa shape index (κ1) is 14.1. The first-order valence-corrected chi connectivity index (χ1v) is 7.37. The summed E-state index contributed by atoms with van der Waals surface area (Å²) in [6.07, 6.45) is 1.03. The summed E-state index contributed by atoms with van der Waals surface area (Å²) in [7, 11) is -3.41. The molecule has 7 heteroatoms. The Balaban J connectivity index is 3.27.